The van der Waals surface area contributed by atoms with Gasteiger partial charge in [0.15, 0.2) is 11.5 Å². The van der Waals surface area contributed by atoms with Crippen molar-refractivity contribution in [2.75, 3.05) is 0 Å². The molecule has 9 heteroatoms. The summed E-state index contributed by atoms with van der Waals surface area (Å²) in [5, 5.41) is 72.6. The molecule has 0 radical (unpaired) electrons. The second kappa shape index (κ2) is 9.13. The fourth-order valence-electron chi connectivity index (χ4n) is 5.59. The Bertz CT molecular complexity index is 1580. The lowest BCUT2D eigenvalue weighted by atomic mass is 9.79. The molecule has 0 amide bonds. The van der Waals surface area contributed by atoms with Crippen molar-refractivity contribution in [1.29, 1.82) is 0 Å². The van der Waals surface area contributed by atoms with E-state index in [1.54, 1.807) is 30.3 Å². The number of ether oxygens (including phenoxy) is 2. The number of phenolic OH excluding ortho intramolecular Hbond substituents is 7. The van der Waals surface area contributed by atoms with E-state index in [9.17, 15) is 35.7 Å². The van der Waals surface area contributed by atoms with Gasteiger partial charge in [-0.3, -0.25) is 0 Å². The third kappa shape index (κ3) is 4.21. The number of hydrogen-bond acceptors (Lipinski definition) is 9. The van der Waals surface area contributed by atoms with Crippen LogP contribution >= 0.6 is 0 Å². The first-order valence-electron chi connectivity index (χ1n) is 12.5. The van der Waals surface area contributed by atoms with E-state index in [-0.39, 0.29) is 58.2 Å². The molecule has 9 nitrogen and oxygen atoms in total. The standard InChI is InChI=1S/C30H26O9/c31-16-4-1-14(2-5-16)25-8-6-18-21(34)13-24(37)29(30(18)39-25)19-12-26(15-3-7-20(33)22(35)9-15)38-27-11-17(32)10-23(36)28(19)27/h1-5,7,9-11,13,19,25-26,31-37H,6,8,12H2. The number of phenols is 7. The minimum atomic E-state index is -0.705. The fraction of sp³-hybridized carbons (Fsp3) is 0.200. The van der Waals surface area contributed by atoms with Gasteiger partial charge in [0.05, 0.1) is 0 Å². The van der Waals surface area contributed by atoms with Crippen LogP contribution in [0.25, 0.3) is 0 Å². The Morgan fingerprint density at radius 1 is 0.564 bits per heavy atom. The van der Waals surface area contributed by atoms with Crippen LogP contribution in [0.3, 0.4) is 0 Å². The van der Waals surface area contributed by atoms with Crippen molar-refractivity contribution in [1.82, 2.24) is 0 Å². The Morgan fingerprint density at radius 3 is 2.03 bits per heavy atom. The second-order valence-corrected chi connectivity index (χ2v) is 9.89. The molecule has 0 aliphatic carbocycles. The maximum Gasteiger partial charge on any atom is 0.157 e. The lowest BCUT2D eigenvalue weighted by Gasteiger charge is -2.36. The van der Waals surface area contributed by atoms with Gasteiger partial charge in [-0.2, -0.15) is 0 Å². The highest BCUT2D eigenvalue weighted by Crippen LogP contribution is 2.57. The Balaban J connectivity index is 1.50. The van der Waals surface area contributed by atoms with Crippen molar-refractivity contribution in [2.45, 2.75) is 37.4 Å². The zero-order valence-electron chi connectivity index (χ0n) is 20.6. The number of rotatable bonds is 3. The minimum Gasteiger partial charge on any atom is -0.508 e. The third-order valence-electron chi connectivity index (χ3n) is 7.45. The third-order valence-corrected chi connectivity index (χ3v) is 7.45. The van der Waals surface area contributed by atoms with E-state index in [1.165, 1.54) is 30.3 Å². The van der Waals surface area contributed by atoms with E-state index in [2.05, 4.69) is 0 Å². The van der Waals surface area contributed by atoms with Crippen LogP contribution < -0.4 is 9.47 Å². The van der Waals surface area contributed by atoms with E-state index in [0.717, 1.165) is 5.56 Å². The van der Waals surface area contributed by atoms with Gasteiger partial charge in [0.2, 0.25) is 0 Å². The van der Waals surface area contributed by atoms with E-state index in [4.69, 9.17) is 9.47 Å². The fourth-order valence-corrected chi connectivity index (χ4v) is 5.59. The Hall–Kier alpha value is -4.92. The highest BCUT2D eigenvalue weighted by molar-refractivity contribution is 5.64. The summed E-state index contributed by atoms with van der Waals surface area (Å²) in [6.07, 6.45) is 0.0701. The molecule has 39 heavy (non-hydrogen) atoms. The van der Waals surface area contributed by atoms with Crippen molar-refractivity contribution >= 4 is 0 Å². The molecule has 7 N–H and O–H groups in total. The van der Waals surface area contributed by atoms with Crippen molar-refractivity contribution in [3.05, 3.63) is 88.5 Å². The van der Waals surface area contributed by atoms with E-state index in [0.29, 0.717) is 35.1 Å². The summed E-state index contributed by atoms with van der Waals surface area (Å²) in [5.74, 6) is -1.56. The molecule has 2 aliphatic heterocycles. The summed E-state index contributed by atoms with van der Waals surface area (Å²) in [7, 11) is 0. The van der Waals surface area contributed by atoms with Gasteiger partial charge in [0, 0.05) is 47.2 Å². The molecule has 0 spiro atoms. The van der Waals surface area contributed by atoms with Gasteiger partial charge in [0.1, 0.15) is 52.5 Å². The average molecular weight is 531 g/mol. The smallest absolute Gasteiger partial charge is 0.157 e. The zero-order valence-corrected chi connectivity index (χ0v) is 20.6. The molecule has 3 atom stereocenters. The second-order valence-electron chi connectivity index (χ2n) is 9.89. The van der Waals surface area contributed by atoms with Gasteiger partial charge in [-0.15, -0.1) is 0 Å². The number of aromatic hydroxyl groups is 7. The molecule has 0 saturated carbocycles. The number of fused-ring (bicyclic) bond motifs is 2. The maximum atomic E-state index is 11.2. The van der Waals surface area contributed by atoms with Crippen LogP contribution in [-0.4, -0.2) is 35.7 Å². The van der Waals surface area contributed by atoms with Crippen LogP contribution in [0.1, 0.15) is 58.8 Å². The molecule has 3 unspecified atom stereocenters. The first kappa shape index (κ1) is 24.4. The topological polar surface area (TPSA) is 160 Å². The summed E-state index contributed by atoms with van der Waals surface area (Å²) in [6, 6.07) is 14.7. The first-order chi connectivity index (χ1) is 18.7. The first-order valence-corrected chi connectivity index (χ1v) is 12.5. The summed E-state index contributed by atoms with van der Waals surface area (Å²) >= 11 is 0. The van der Waals surface area contributed by atoms with Crippen LogP contribution in [-0.2, 0) is 6.42 Å². The SMILES string of the molecule is Oc1ccc(C2CCc3c(O)cc(O)c(C4CC(c5ccc(O)c(O)c5)Oc5cc(O)cc(O)c54)c3O2)cc1. The zero-order chi connectivity index (χ0) is 27.4. The van der Waals surface area contributed by atoms with E-state index >= 15 is 0 Å². The van der Waals surface area contributed by atoms with E-state index in [1.807, 2.05) is 0 Å². The van der Waals surface area contributed by atoms with Gasteiger partial charge in [-0.25, -0.2) is 0 Å². The Morgan fingerprint density at radius 2 is 1.28 bits per heavy atom. The summed E-state index contributed by atoms with van der Waals surface area (Å²) in [5.41, 5.74) is 2.52. The van der Waals surface area contributed by atoms with Crippen LogP contribution in [0, 0.1) is 0 Å². The largest absolute Gasteiger partial charge is 0.508 e. The predicted octanol–water partition coefficient (Wildman–Crippen LogP) is 5.35. The summed E-state index contributed by atoms with van der Waals surface area (Å²) in [4.78, 5) is 0. The average Bonchev–Trinajstić information content (AvgIpc) is 2.89. The molecular formula is C30H26O9. The van der Waals surface area contributed by atoms with Crippen LogP contribution in [0.15, 0.2) is 60.7 Å². The number of benzene rings is 4. The lowest BCUT2D eigenvalue weighted by Crippen LogP contribution is -2.23. The molecule has 4 aromatic rings. The van der Waals surface area contributed by atoms with Crippen molar-refractivity contribution < 1.29 is 45.2 Å². The van der Waals surface area contributed by atoms with E-state index < -0.39 is 18.1 Å². The summed E-state index contributed by atoms with van der Waals surface area (Å²) in [6.45, 7) is 0. The Labute approximate surface area is 223 Å². The molecule has 0 aromatic heterocycles. The molecule has 0 saturated heterocycles. The molecule has 2 heterocycles. The molecule has 0 fully saturated rings. The predicted molar refractivity (Wildman–Crippen MR) is 139 cm³/mol. The van der Waals surface area contributed by atoms with Crippen LogP contribution in [0.4, 0.5) is 0 Å². The Kier molecular flexibility index (Phi) is 5.71. The molecule has 0 bridgehead atoms. The molecule has 6 rings (SSSR count). The normalized spacial score (nSPS) is 19.8. The molecule has 200 valence electrons. The minimum absolute atomic E-state index is 0.113. The van der Waals surface area contributed by atoms with Crippen molar-refractivity contribution in [3.8, 4) is 51.7 Å². The highest BCUT2D eigenvalue weighted by Gasteiger charge is 2.39. The van der Waals surface area contributed by atoms with Gasteiger partial charge in [0.25, 0.3) is 0 Å². The maximum absolute atomic E-state index is 11.2. The monoisotopic (exact) mass is 530 g/mol. The quantitative estimate of drug-likeness (QED) is 0.173. The highest BCUT2D eigenvalue weighted by atomic mass is 16.5. The van der Waals surface area contributed by atoms with Crippen LogP contribution in [0.2, 0.25) is 0 Å². The van der Waals surface area contributed by atoms with Gasteiger partial charge in [-0.1, -0.05) is 18.2 Å². The number of hydrogen-bond donors (Lipinski definition) is 7. The van der Waals surface area contributed by atoms with Crippen LogP contribution in [0.5, 0.6) is 51.7 Å². The molecular weight excluding hydrogens is 504 g/mol. The summed E-state index contributed by atoms with van der Waals surface area (Å²) < 4.78 is 12.5. The van der Waals surface area contributed by atoms with Crippen molar-refractivity contribution in [3.63, 3.8) is 0 Å². The molecule has 2 aliphatic rings. The van der Waals surface area contributed by atoms with Gasteiger partial charge < -0.3 is 45.2 Å². The molecule has 4 aromatic carbocycles. The van der Waals surface area contributed by atoms with Gasteiger partial charge in [-0.05, 0) is 48.2 Å². The van der Waals surface area contributed by atoms with Gasteiger partial charge >= 0.3 is 0 Å². The lowest BCUT2D eigenvalue weighted by molar-refractivity contribution is 0.154. The van der Waals surface area contributed by atoms with Crippen molar-refractivity contribution in [2.24, 2.45) is 0 Å².